The monoisotopic (exact) mass is 243 g/mol. The van der Waals surface area contributed by atoms with E-state index in [0.717, 1.165) is 43.7 Å². The van der Waals surface area contributed by atoms with Gasteiger partial charge in [0.05, 0.1) is 0 Å². The van der Waals surface area contributed by atoms with Gasteiger partial charge in [-0.25, -0.2) is 0 Å². The second-order valence-electron chi connectivity index (χ2n) is 5.03. The van der Waals surface area contributed by atoms with Gasteiger partial charge in [0, 0.05) is 11.8 Å². The van der Waals surface area contributed by atoms with Crippen LogP contribution in [0.15, 0.2) is 0 Å². The molecular weight excluding hydrogens is 222 g/mol. The number of likely N-dealkylation sites (tertiary alicyclic amines) is 1. The standard InChI is InChI=1S/C12H21NO2S/c1-10-5-2-3-7-13(10)12(11(14)15)6-4-8-16-9-12/h10H,2-9H2,1H3,(H,14,15). The average Bonchev–Trinajstić information content (AvgIpc) is 2.30. The fourth-order valence-corrected chi connectivity index (χ4v) is 4.30. The van der Waals surface area contributed by atoms with Gasteiger partial charge in [-0.3, -0.25) is 9.69 Å². The topological polar surface area (TPSA) is 40.5 Å². The van der Waals surface area contributed by atoms with Crippen LogP contribution in [0.4, 0.5) is 0 Å². The summed E-state index contributed by atoms with van der Waals surface area (Å²) in [4.78, 5) is 13.9. The Bertz CT molecular complexity index is 264. The molecule has 4 heteroatoms. The first kappa shape index (κ1) is 12.2. The van der Waals surface area contributed by atoms with Crippen molar-refractivity contribution in [2.45, 2.75) is 50.6 Å². The van der Waals surface area contributed by atoms with Gasteiger partial charge < -0.3 is 5.11 Å². The van der Waals surface area contributed by atoms with Gasteiger partial charge in [-0.2, -0.15) is 11.8 Å². The molecule has 0 aliphatic carbocycles. The van der Waals surface area contributed by atoms with Crippen LogP contribution in [0.3, 0.4) is 0 Å². The van der Waals surface area contributed by atoms with Gasteiger partial charge in [-0.05, 0) is 44.9 Å². The second kappa shape index (κ2) is 4.96. The number of aliphatic carboxylic acids is 1. The molecule has 2 aliphatic heterocycles. The minimum Gasteiger partial charge on any atom is -0.480 e. The van der Waals surface area contributed by atoms with Crippen molar-refractivity contribution in [2.75, 3.05) is 18.1 Å². The molecule has 0 aromatic rings. The first-order valence-corrected chi connectivity index (χ1v) is 7.40. The molecule has 2 atom stereocenters. The van der Waals surface area contributed by atoms with Crippen molar-refractivity contribution in [1.29, 1.82) is 0 Å². The second-order valence-corrected chi connectivity index (χ2v) is 6.14. The third kappa shape index (κ3) is 2.09. The molecule has 0 spiro atoms. The molecule has 0 radical (unpaired) electrons. The Morgan fingerprint density at radius 2 is 2.25 bits per heavy atom. The molecule has 92 valence electrons. The molecule has 2 aliphatic rings. The van der Waals surface area contributed by atoms with E-state index in [1.807, 2.05) is 0 Å². The predicted molar refractivity (Wildman–Crippen MR) is 66.9 cm³/mol. The van der Waals surface area contributed by atoms with Gasteiger partial charge in [-0.15, -0.1) is 0 Å². The number of carboxylic acid groups (broad SMARTS) is 1. The van der Waals surface area contributed by atoms with E-state index in [-0.39, 0.29) is 0 Å². The minimum atomic E-state index is -0.603. The van der Waals surface area contributed by atoms with Crippen molar-refractivity contribution >= 4 is 17.7 Å². The summed E-state index contributed by atoms with van der Waals surface area (Å²) in [6.45, 7) is 3.15. The quantitative estimate of drug-likeness (QED) is 0.807. The number of thioether (sulfide) groups is 1. The van der Waals surface area contributed by atoms with Crippen LogP contribution < -0.4 is 0 Å². The Kier molecular flexibility index (Phi) is 3.80. The Balaban J connectivity index is 2.19. The van der Waals surface area contributed by atoms with Crippen molar-refractivity contribution in [3.05, 3.63) is 0 Å². The van der Waals surface area contributed by atoms with Crippen molar-refractivity contribution in [3.8, 4) is 0 Å². The van der Waals surface area contributed by atoms with Gasteiger partial charge in [0.2, 0.25) is 0 Å². The van der Waals surface area contributed by atoms with Crippen LogP contribution in [0.1, 0.15) is 39.0 Å². The van der Waals surface area contributed by atoms with Gasteiger partial charge in [0.1, 0.15) is 5.54 Å². The van der Waals surface area contributed by atoms with E-state index < -0.39 is 11.5 Å². The Morgan fingerprint density at radius 1 is 1.44 bits per heavy atom. The predicted octanol–water partition coefficient (Wildman–Crippen LogP) is 2.21. The molecule has 2 rings (SSSR count). The number of nitrogens with zero attached hydrogens (tertiary/aromatic N) is 1. The van der Waals surface area contributed by atoms with E-state index in [9.17, 15) is 9.90 Å². The van der Waals surface area contributed by atoms with Gasteiger partial charge in [-0.1, -0.05) is 6.42 Å². The summed E-state index contributed by atoms with van der Waals surface area (Å²) in [7, 11) is 0. The fourth-order valence-electron chi connectivity index (χ4n) is 3.03. The molecule has 0 aromatic heterocycles. The molecule has 2 fully saturated rings. The lowest BCUT2D eigenvalue weighted by Gasteiger charge is -2.47. The summed E-state index contributed by atoms with van der Waals surface area (Å²) in [5.74, 6) is 1.29. The van der Waals surface area contributed by atoms with E-state index in [0.29, 0.717) is 6.04 Å². The molecular formula is C12H21NO2S. The summed E-state index contributed by atoms with van der Waals surface area (Å²) in [6, 6.07) is 0.434. The number of hydrogen-bond acceptors (Lipinski definition) is 3. The molecule has 0 bridgehead atoms. The lowest BCUT2D eigenvalue weighted by Crippen LogP contribution is -2.61. The van der Waals surface area contributed by atoms with E-state index in [2.05, 4.69) is 11.8 Å². The van der Waals surface area contributed by atoms with Crippen LogP contribution >= 0.6 is 11.8 Å². The number of hydrogen-bond donors (Lipinski definition) is 1. The lowest BCUT2D eigenvalue weighted by molar-refractivity contribution is -0.153. The molecule has 1 N–H and O–H groups in total. The van der Waals surface area contributed by atoms with Crippen LogP contribution in [0, 0.1) is 0 Å². The Labute approximate surface area is 102 Å². The molecule has 0 saturated carbocycles. The maximum Gasteiger partial charge on any atom is 0.324 e. The maximum absolute atomic E-state index is 11.7. The average molecular weight is 243 g/mol. The Morgan fingerprint density at radius 3 is 2.81 bits per heavy atom. The summed E-state index contributed by atoms with van der Waals surface area (Å²) >= 11 is 1.80. The summed E-state index contributed by atoms with van der Waals surface area (Å²) < 4.78 is 0. The highest BCUT2D eigenvalue weighted by atomic mass is 32.2. The third-order valence-corrected chi connectivity index (χ3v) is 5.23. The third-order valence-electron chi connectivity index (χ3n) is 3.97. The first-order chi connectivity index (χ1) is 7.67. The molecule has 3 nitrogen and oxygen atoms in total. The largest absolute Gasteiger partial charge is 0.480 e. The zero-order valence-corrected chi connectivity index (χ0v) is 10.8. The van der Waals surface area contributed by atoms with Crippen molar-refractivity contribution in [3.63, 3.8) is 0 Å². The summed E-state index contributed by atoms with van der Waals surface area (Å²) in [5.41, 5.74) is -0.567. The van der Waals surface area contributed by atoms with Crippen LogP contribution in [-0.2, 0) is 4.79 Å². The van der Waals surface area contributed by atoms with E-state index in [4.69, 9.17) is 0 Å². The number of piperidine rings is 1. The fraction of sp³-hybridized carbons (Fsp3) is 0.917. The van der Waals surface area contributed by atoms with Crippen LogP contribution in [0.2, 0.25) is 0 Å². The molecule has 2 heterocycles. The smallest absolute Gasteiger partial charge is 0.324 e. The first-order valence-electron chi connectivity index (χ1n) is 6.25. The highest BCUT2D eigenvalue weighted by Crippen LogP contribution is 2.36. The van der Waals surface area contributed by atoms with Crippen molar-refractivity contribution in [1.82, 2.24) is 4.90 Å². The molecule has 16 heavy (non-hydrogen) atoms. The normalized spacial score (nSPS) is 37.2. The minimum absolute atomic E-state index is 0.434. The van der Waals surface area contributed by atoms with E-state index in [1.54, 1.807) is 11.8 Å². The molecule has 0 amide bonds. The van der Waals surface area contributed by atoms with Gasteiger partial charge >= 0.3 is 5.97 Å². The molecule has 2 saturated heterocycles. The maximum atomic E-state index is 11.7. The zero-order valence-electron chi connectivity index (χ0n) is 9.95. The van der Waals surface area contributed by atoms with E-state index in [1.165, 1.54) is 6.42 Å². The molecule has 0 aromatic carbocycles. The number of carbonyl (C=O) groups is 1. The van der Waals surface area contributed by atoms with E-state index >= 15 is 0 Å². The highest BCUT2D eigenvalue weighted by Gasteiger charge is 2.47. The number of carboxylic acids is 1. The Hall–Kier alpha value is -0.220. The van der Waals surface area contributed by atoms with Crippen molar-refractivity contribution < 1.29 is 9.90 Å². The SMILES string of the molecule is CC1CCCCN1C1(C(=O)O)CCCSC1. The van der Waals surface area contributed by atoms with Gasteiger partial charge in [0.15, 0.2) is 0 Å². The van der Waals surface area contributed by atoms with Gasteiger partial charge in [0.25, 0.3) is 0 Å². The lowest BCUT2D eigenvalue weighted by atomic mass is 9.88. The van der Waals surface area contributed by atoms with Crippen LogP contribution in [-0.4, -0.2) is 45.6 Å². The highest BCUT2D eigenvalue weighted by molar-refractivity contribution is 7.99. The molecule has 2 unspecified atom stereocenters. The summed E-state index contributed by atoms with van der Waals surface area (Å²) in [5, 5.41) is 9.60. The van der Waals surface area contributed by atoms with Crippen LogP contribution in [0.25, 0.3) is 0 Å². The number of rotatable bonds is 2. The zero-order chi connectivity index (χ0) is 11.6. The summed E-state index contributed by atoms with van der Waals surface area (Å²) in [6.07, 6.45) is 5.43. The van der Waals surface area contributed by atoms with Crippen LogP contribution in [0.5, 0.6) is 0 Å². The van der Waals surface area contributed by atoms with Crippen molar-refractivity contribution in [2.24, 2.45) is 0 Å².